The molecule has 7 heteroatoms. The van der Waals surface area contributed by atoms with E-state index in [1.807, 2.05) is 55.5 Å². The van der Waals surface area contributed by atoms with Crippen LogP contribution in [-0.2, 0) is 11.3 Å². The molecule has 0 unspecified atom stereocenters. The molecule has 0 fully saturated rings. The maximum absolute atomic E-state index is 12.3. The second-order valence-electron chi connectivity index (χ2n) is 5.40. The number of benzene rings is 2. The number of nitrogens with zero attached hydrogens (tertiary/aromatic N) is 2. The lowest BCUT2D eigenvalue weighted by Gasteiger charge is -2.10. The number of aromatic nitrogens is 3. The molecule has 0 aliphatic carbocycles. The third kappa shape index (κ3) is 4.61. The third-order valence-corrected chi connectivity index (χ3v) is 4.90. The van der Waals surface area contributed by atoms with Crippen molar-refractivity contribution in [3.63, 3.8) is 0 Å². The predicted octanol–water partition coefficient (Wildman–Crippen LogP) is 3.92. The van der Waals surface area contributed by atoms with Crippen LogP contribution in [0.1, 0.15) is 12.5 Å². The predicted molar refractivity (Wildman–Crippen MR) is 100 cm³/mol. The largest absolute Gasteiger partial charge is 0.351 e. The monoisotopic (exact) mass is 372 g/mol. The van der Waals surface area contributed by atoms with E-state index >= 15 is 0 Å². The maximum atomic E-state index is 12.3. The Morgan fingerprint density at radius 3 is 2.68 bits per heavy atom. The molecule has 25 heavy (non-hydrogen) atoms. The van der Waals surface area contributed by atoms with Gasteiger partial charge in [-0.25, -0.2) is 4.98 Å². The third-order valence-electron chi connectivity index (χ3n) is 3.57. The summed E-state index contributed by atoms with van der Waals surface area (Å²) in [5.74, 6) is 0.600. The van der Waals surface area contributed by atoms with Crippen LogP contribution in [0.2, 0.25) is 5.02 Å². The van der Waals surface area contributed by atoms with E-state index in [0.717, 1.165) is 11.1 Å². The first-order valence-corrected chi connectivity index (χ1v) is 9.05. The molecule has 0 saturated heterocycles. The number of H-pyrrole nitrogens is 1. The topological polar surface area (TPSA) is 70.7 Å². The summed E-state index contributed by atoms with van der Waals surface area (Å²) in [6, 6.07) is 17.2. The fourth-order valence-corrected chi connectivity index (χ4v) is 3.16. The maximum Gasteiger partial charge on any atom is 0.233 e. The number of rotatable bonds is 6. The van der Waals surface area contributed by atoms with Crippen LogP contribution >= 0.6 is 23.4 Å². The fourth-order valence-electron chi connectivity index (χ4n) is 2.20. The van der Waals surface area contributed by atoms with Crippen molar-refractivity contribution in [3.05, 3.63) is 65.2 Å². The van der Waals surface area contributed by atoms with Crippen LogP contribution in [0.25, 0.3) is 11.4 Å². The second-order valence-corrected chi connectivity index (χ2v) is 7.12. The molecule has 1 amide bonds. The van der Waals surface area contributed by atoms with Crippen LogP contribution in [0.5, 0.6) is 0 Å². The van der Waals surface area contributed by atoms with Gasteiger partial charge < -0.3 is 5.32 Å². The summed E-state index contributed by atoms with van der Waals surface area (Å²) in [6.45, 7) is 2.22. The molecule has 0 radical (unpaired) electrons. The number of carbonyl (C=O) groups excluding carboxylic acids is 1. The van der Waals surface area contributed by atoms with Gasteiger partial charge in [-0.3, -0.25) is 9.89 Å². The number of halogens is 1. The Labute approximate surface area is 155 Å². The van der Waals surface area contributed by atoms with Crippen molar-refractivity contribution < 1.29 is 4.79 Å². The average Bonchev–Trinajstić information content (AvgIpc) is 3.10. The lowest BCUT2D eigenvalue weighted by atomic mass is 10.2. The minimum Gasteiger partial charge on any atom is -0.351 e. The highest BCUT2D eigenvalue weighted by Gasteiger charge is 2.17. The van der Waals surface area contributed by atoms with Gasteiger partial charge in [0.25, 0.3) is 0 Å². The summed E-state index contributed by atoms with van der Waals surface area (Å²) >= 11 is 7.41. The number of thioether (sulfide) groups is 1. The molecule has 3 aromatic rings. The lowest BCUT2D eigenvalue weighted by molar-refractivity contribution is -0.120. The van der Waals surface area contributed by atoms with Crippen LogP contribution in [0.15, 0.2) is 59.8 Å². The van der Waals surface area contributed by atoms with Crippen molar-refractivity contribution in [2.75, 3.05) is 0 Å². The van der Waals surface area contributed by atoms with Gasteiger partial charge in [0.2, 0.25) is 11.1 Å². The molecule has 128 valence electrons. The van der Waals surface area contributed by atoms with Crippen LogP contribution in [0.4, 0.5) is 0 Å². The zero-order chi connectivity index (χ0) is 17.6. The van der Waals surface area contributed by atoms with E-state index in [-0.39, 0.29) is 11.2 Å². The van der Waals surface area contributed by atoms with Crippen molar-refractivity contribution in [3.8, 4) is 11.4 Å². The van der Waals surface area contributed by atoms with Crippen molar-refractivity contribution in [2.24, 2.45) is 0 Å². The van der Waals surface area contributed by atoms with Gasteiger partial charge in [-0.1, -0.05) is 71.9 Å². The Bertz CT molecular complexity index is 853. The standard InChI is InChI=1S/C18H17ClN4OS/c1-12(17(24)20-11-14-9-5-6-10-15(14)19)25-18-21-16(22-23-18)13-7-3-2-4-8-13/h2-10,12H,11H2,1H3,(H,20,24)(H,21,22,23)/t12-/m1/s1. The Hall–Kier alpha value is -2.31. The zero-order valence-electron chi connectivity index (χ0n) is 13.6. The van der Waals surface area contributed by atoms with Crippen LogP contribution < -0.4 is 5.32 Å². The second kappa shape index (κ2) is 8.18. The first-order valence-electron chi connectivity index (χ1n) is 7.79. The molecule has 5 nitrogen and oxygen atoms in total. The molecular formula is C18H17ClN4OS. The first kappa shape index (κ1) is 17.5. The number of hydrogen-bond donors (Lipinski definition) is 2. The summed E-state index contributed by atoms with van der Waals surface area (Å²) in [7, 11) is 0. The first-order chi connectivity index (χ1) is 12.1. The summed E-state index contributed by atoms with van der Waals surface area (Å²) < 4.78 is 0. The summed E-state index contributed by atoms with van der Waals surface area (Å²) in [6.07, 6.45) is 0. The lowest BCUT2D eigenvalue weighted by Crippen LogP contribution is -2.30. The summed E-state index contributed by atoms with van der Waals surface area (Å²) in [4.78, 5) is 16.7. The van der Waals surface area contributed by atoms with Gasteiger partial charge in [-0.2, -0.15) is 0 Å². The molecule has 1 atom stereocenters. The van der Waals surface area contributed by atoms with Gasteiger partial charge in [0, 0.05) is 17.1 Å². The van der Waals surface area contributed by atoms with E-state index in [2.05, 4.69) is 20.5 Å². The minimum absolute atomic E-state index is 0.0871. The highest BCUT2D eigenvalue weighted by atomic mass is 35.5. The number of carbonyl (C=O) groups is 1. The Kier molecular flexibility index (Phi) is 5.73. The molecule has 2 aromatic carbocycles. The van der Waals surface area contributed by atoms with Crippen LogP contribution in [0, 0.1) is 0 Å². The summed E-state index contributed by atoms with van der Waals surface area (Å²) in [5.41, 5.74) is 1.84. The highest BCUT2D eigenvalue weighted by molar-refractivity contribution is 8.00. The fraction of sp³-hybridized carbons (Fsp3) is 0.167. The van der Waals surface area contributed by atoms with Gasteiger partial charge in [0.1, 0.15) is 0 Å². The van der Waals surface area contributed by atoms with E-state index in [1.54, 1.807) is 6.07 Å². The van der Waals surface area contributed by atoms with Gasteiger partial charge in [-0.05, 0) is 18.6 Å². The van der Waals surface area contributed by atoms with Crippen molar-refractivity contribution in [1.82, 2.24) is 20.5 Å². The van der Waals surface area contributed by atoms with Gasteiger partial charge in [0.15, 0.2) is 5.82 Å². The van der Waals surface area contributed by atoms with E-state index in [4.69, 9.17) is 11.6 Å². The highest BCUT2D eigenvalue weighted by Crippen LogP contribution is 2.23. The van der Waals surface area contributed by atoms with Gasteiger partial charge in [-0.15, -0.1) is 5.10 Å². The van der Waals surface area contributed by atoms with Crippen molar-refractivity contribution in [2.45, 2.75) is 23.9 Å². The molecule has 3 rings (SSSR count). The molecule has 0 aliphatic heterocycles. The van der Waals surface area contributed by atoms with Crippen LogP contribution in [-0.4, -0.2) is 26.3 Å². The Morgan fingerprint density at radius 2 is 1.92 bits per heavy atom. The number of amides is 1. The number of hydrogen-bond acceptors (Lipinski definition) is 4. The molecule has 1 aromatic heterocycles. The van der Waals surface area contributed by atoms with Crippen molar-refractivity contribution in [1.29, 1.82) is 0 Å². The Morgan fingerprint density at radius 1 is 1.20 bits per heavy atom. The Balaban J connectivity index is 1.57. The van der Waals surface area contributed by atoms with E-state index in [1.165, 1.54) is 11.8 Å². The number of nitrogens with one attached hydrogen (secondary N) is 2. The molecule has 1 heterocycles. The van der Waals surface area contributed by atoms with E-state index in [9.17, 15) is 4.79 Å². The minimum atomic E-state index is -0.318. The van der Waals surface area contributed by atoms with Gasteiger partial charge in [0.05, 0.1) is 5.25 Å². The molecule has 0 spiro atoms. The average molecular weight is 373 g/mol. The summed E-state index contributed by atoms with van der Waals surface area (Å²) in [5, 5.41) is 10.8. The van der Waals surface area contributed by atoms with E-state index in [0.29, 0.717) is 22.5 Å². The quantitative estimate of drug-likeness (QED) is 0.643. The smallest absolute Gasteiger partial charge is 0.233 e. The molecular weight excluding hydrogens is 356 g/mol. The molecule has 0 saturated carbocycles. The molecule has 2 N–H and O–H groups in total. The zero-order valence-corrected chi connectivity index (χ0v) is 15.1. The normalized spacial score (nSPS) is 11.9. The van der Waals surface area contributed by atoms with Crippen molar-refractivity contribution >= 4 is 29.3 Å². The van der Waals surface area contributed by atoms with Gasteiger partial charge >= 0.3 is 0 Å². The molecule has 0 aliphatic rings. The SMILES string of the molecule is C[C@@H](Sc1n[nH]c(-c2ccccc2)n1)C(=O)NCc1ccccc1Cl. The number of aromatic amines is 1. The van der Waals surface area contributed by atoms with Crippen LogP contribution in [0.3, 0.4) is 0 Å². The van der Waals surface area contributed by atoms with E-state index < -0.39 is 0 Å². The molecule has 0 bridgehead atoms.